The Morgan fingerprint density at radius 2 is 2.11 bits per heavy atom. The zero-order valence-corrected chi connectivity index (χ0v) is 6.43. The third-order valence-electron chi connectivity index (χ3n) is 1.19. The maximum absolute atomic E-state index is 5.54. The lowest BCUT2D eigenvalue weighted by atomic mass is 10.2. The Kier molecular flexibility index (Phi) is 5.64. The normalized spacial score (nSPS) is 14.6. The molecule has 1 unspecified atom stereocenters. The van der Waals surface area contributed by atoms with Crippen molar-refractivity contribution in [1.29, 1.82) is 0 Å². The van der Waals surface area contributed by atoms with Crippen molar-refractivity contribution in [2.24, 2.45) is 5.73 Å². The zero-order valence-electron chi connectivity index (χ0n) is 6.43. The standard InChI is InChI=1S/C8H17N/c1-3-4-5-6-7-8(2)9/h4-5,8H,3,6-7,9H2,1-2H3. The number of hydrogen-bond donors (Lipinski definition) is 1. The lowest BCUT2D eigenvalue weighted by molar-refractivity contribution is 0.675. The van der Waals surface area contributed by atoms with Crippen LogP contribution in [0.15, 0.2) is 12.2 Å². The average Bonchev–Trinajstić information content (AvgIpc) is 1.80. The van der Waals surface area contributed by atoms with Crippen molar-refractivity contribution >= 4 is 0 Å². The first-order valence-corrected chi connectivity index (χ1v) is 3.68. The Labute approximate surface area is 57.9 Å². The smallest absolute Gasteiger partial charge is 0.00134 e. The molecule has 0 rings (SSSR count). The molecule has 1 nitrogen and oxygen atoms in total. The van der Waals surface area contributed by atoms with Crippen molar-refractivity contribution < 1.29 is 0 Å². The average molecular weight is 127 g/mol. The Balaban J connectivity index is 2.99. The maximum Gasteiger partial charge on any atom is 0.00134 e. The lowest BCUT2D eigenvalue weighted by Gasteiger charge is -1.98. The van der Waals surface area contributed by atoms with Gasteiger partial charge < -0.3 is 5.73 Å². The summed E-state index contributed by atoms with van der Waals surface area (Å²) in [5.41, 5.74) is 5.54. The first-order valence-electron chi connectivity index (χ1n) is 3.68. The van der Waals surface area contributed by atoms with Gasteiger partial charge in [0.1, 0.15) is 0 Å². The molecule has 0 amide bonds. The third-order valence-corrected chi connectivity index (χ3v) is 1.19. The molecule has 0 bridgehead atoms. The van der Waals surface area contributed by atoms with Crippen molar-refractivity contribution in [1.82, 2.24) is 0 Å². The van der Waals surface area contributed by atoms with E-state index >= 15 is 0 Å². The van der Waals surface area contributed by atoms with E-state index in [0.717, 1.165) is 19.3 Å². The summed E-state index contributed by atoms with van der Waals surface area (Å²) in [6.07, 6.45) is 7.76. The monoisotopic (exact) mass is 127 g/mol. The maximum atomic E-state index is 5.54. The van der Waals surface area contributed by atoms with E-state index < -0.39 is 0 Å². The van der Waals surface area contributed by atoms with Crippen LogP contribution < -0.4 is 5.73 Å². The number of nitrogens with two attached hydrogens (primary N) is 1. The third kappa shape index (κ3) is 7.70. The quantitative estimate of drug-likeness (QED) is 0.575. The molecule has 0 saturated heterocycles. The fourth-order valence-corrected chi connectivity index (χ4v) is 0.644. The second kappa shape index (κ2) is 5.83. The molecule has 0 saturated carbocycles. The molecule has 9 heavy (non-hydrogen) atoms. The molecule has 1 atom stereocenters. The summed E-state index contributed by atoms with van der Waals surface area (Å²) in [6, 6.07) is 0.353. The van der Waals surface area contributed by atoms with Gasteiger partial charge in [-0.2, -0.15) is 0 Å². The minimum atomic E-state index is 0.353. The number of rotatable bonds is 4. The van der Waals surface area contributed by atoms with E-state index in [-0.39, 0.29) is 0 Å². The van der Waals surface area contributed by atoms with Crippen LogP contribution in [-0.4, -0.2) is 6.04 Å². The van der Waals surface area contributed by atoms with Crippen LogP contribution in [0.25, 0.3) is 0 Å². The van der Waals surface area contributed by atoms with Gasteiger partial charge in [0.05, 0.1) is 0 Å². The van der Waals surface area contributed by atoms with Crippen LogP contribution in [0.4, 0.5) is 0 Å². The van der Waals surface area contributed by atoms with Crippen molar-refractivity contribution in [2.75, 3.05) is 0 Å². The first kappa shape index (κ1) is 8.70. The highest BCUT2D eigenvalue weighted by Gasteiger charge is 1.88. The van der Waals surface area contributed by atoms with E-state index in [4.69, 9.17) is 5.73 Å². The van der Waals surface area contributed by atoms with Gasteiger partial charge in [-0.3, -0.25) is 0 Å². The minimum absolute atomic E-state index is 0.353. The van der Waals surface area contributed by atoms with Crippen molar-refractivity contribution in [3.8, 4) is 0 Å². The highest BCUT2D eigenvalue weighted by Crippen LogP contribution is 1.94. The summed E-state index contributed by atoms with van der Waals surface area (Å²) in [6.45, 7) is 4.18. The summed E-state index contributed by atoms with van der Waals surface area (Å²) in [4.78, 5) is 0. The van der Waals surface area contributed by atoms with E-state index in [1.807, 2.05) is 6.92 Å². The molecule has 0 aromatic heterocycles. The van der Waals surface area contributed by atoms with Gasteiger partial charge in [0.15, 0.2) is 0 Å². The Bertz CT molecular complexity index is 74.6. The van der Waals surface area contributed by atoms with E-state index in [0.29, 0.717) is 6.04 Å². The molecule has 0 aromatic rings. The molecule has 0 radical (unpaired) electrons. The lowest BCUT2D eigenvalue weighted by Crippen LogP contribution is -2.13. The molecular formula is C8H17N. The second-order valence-electron chi connectivity index (χ2n) is 2.43. The second-order valence-corrected chi connectivity index (χ2v) is 2.43. The van der Waals surface area contributed by atoms with E-state index in [9.17, 15) is 0 Å². The van der Waals surface area contributed by atoms with Gasteiger partial charge in [0, 0.05) is 6.04 Å². The van der Waals surface area contributed by atoms with E-state index in [1.54, 1.807) is 0 Å². The Hall–Kier alpha value is -0.300. The fraction of sp³-hybridized carbons (Fsp3) is 0.750. The van der Waals surface area contributed by atoms with Crippen molar-refractivity contribution in [3.63, 3.8) is 0 Å². The van der Waals surface area contributed by atoms with Crippen LogP contribution in [0, 0.1) is 0 Å². The molecule has 0 heterocycles. The summed E-state index contributed by atoms with van der Waals surface area (Å²) >= 11 is 0. The van der Waals surface area contributed by atoms with E-state index in [1.165, 1.54) is 0 Å². The van der Waals surface area contributed by atoms with Gasteiger partial charge in [0.2, 0.25) is 0 Å². The van der Waals surface area contributed by atoms with Crippen LogP contribution in [-0.2, 0) is 0 Å². The van der Waals surface area contributed by atoms with Gasteiger partial charge >= 0.3 is 0 Å². The predicted octanol–water partition coefficient (Wildman–Crippen LogP) is 2.08. The van der Waals surface area contributed by atoms with Crippen LogP contribution in [0.1, 0.15) is 33.1 Å². The Morgan fingerprint density at radius 3 is 2.56 bits per heavy atom. The number of hydrogen-bond acceptors (Lipinski definition) is 1. The summed E-state index contributed by atoms with van der Waals surface area (Å²) in [5.74, 6) is 0. The topological polar surface area (TPSA) is 26.0 Å². The molecule has 0 aliphatic heterocycles. The van der Waals surface area contributed by atoms with Crippen molar-refractivity contribution in [2.45, 2.75) is 39.2 Å². The molecule has 0 fully saturated rings. The molecule has 0 aliphatic rings. The van der Waals surface area contributed by atoms with Gasteiger partial charge in [-0.15, -0.1) is 0 Å². The molecule has 2 N–H and O–H groups in total. The molecule has 0 aromatic carbocycles. The van der Waals surface area contributed by atoms with Gasteiger partial charge in [-0.1, -0.05) is 19.1 Å². The Morgan fingerprint density at radius 1 is 1.44 bits per heavy atom. The van der Waals surface area contributed by atoms with Crippen LogP contribution in [0.3, 0.4) is 0 Å². The highest BCUT2D eigenvalue weighted by atomic mass is 14.6. The summed E-state index contributed by atoms with van der Waals surface area (Å²) in [5, 5.41) is 0. The molecule has 1 heteroatoms. The molecular weight excluding hydrogens is 110 g/mol. The molecule has 0 spiro atoms. The molecule has 0 aliphatic carbocycles. The van der Waals surface area contributed by atoms with Gasteiger partial charge in [-0.25, -0.2) is 0 Å². The highest BCUT2D eigenvalue weighted by molar-refractivity contribution is 4.80. The van der Waals surface area contributed by atoms with Crippen LogP contribution >= 0.6 is 0 Å². The first-order chi connectivity index (χ1) is 4.27. The zero-order chi connectivity index (χ0) is 7.11. The SMILES string of the molecule is CCC=CCCC(C)N. The largest absolute Gasteiger partial charge is 0.328 e. The van der Waals surface area contributed by atoms with Gasteiger partial charge in [0.25, 0.3) is 0 Å². The van der Waals surface area contributed by atoms with E-state index in [2.05, 4.69) is 19.1 Å². The van der Waals surface area contributed by atoms with Crippen molar-refractivity contribution in [3.05, 3.63) is 12.2 Å². The summed E-state index contributed by atoms with van der Waals surface area (Å²) in [7, 11) is 0. The van der Waals surface area contributed by atoms with Crippen LogP contribution in [0.2, 0.25) is 0 Å². The van der Waals surface area contributed by atoms with Crippen LogP contribution in [0.5, 0.6) is 0 Å². The summed E-state index contributed by atoms with van der Waals surface area (Å²) < 4.78 is 0. The molecule has 54 valence electrons. The van der Waals surface area contributed by atoms with Gasteiger partial charge in [-0.05, 0) is 26.2 Å². The fourth-order valence-electron chi connectivity index (χ4n) is 0.644. The minimum Gasteiger partial charge on any atom is -0.328 e. The number of allylic oxidation sites excluding steroid dienone is 2. The predicted molar refractivity (Wildman–Crippen MR) is 42.3 cm³/mol.